The van der Waals surface area contributed by atoms with Crippen molar-refractivity contribution in [3.8, 4) is 11.6 Å². The average Bonchev–Trinajstić information content (AvgIpc) is 3.50. The summed E-state index contributed by atoms with van der Waals surface area (Å²) in [5.74, 6) is -5.37. The number of carbonyl (C=O) groups is 3. The molecule has 0 radical (unpaired) electrons. The highest BCUT2D eigenvalue weighted by molar-refractivity contribution is 9.10. The van der Waals surface area contributed by atoms with Crippen LogP contribution in [-0.4, -0.2) is 57.8 Å². The first-order chi connectivity index (χ1) is 23.1. The van der Waals surface area contributed by atoms with Crippen molar-refractivity contribution in [1.82, 2.24) is 10.1 Å². The number of ketones is 2. The SMILES string of the molecule is CN(C)[C@@H]1c2onc(OCc3ccccc3)c2C(=O)[C@@]2(O)C(=O)C3=C(O)c4c(c(Br)c(F)c(C=O)c4OCc4ccccc4)C[C@H]3C[C@@H]12. The Morgan fingerprint density at radius 2 is 1.65 bits per heavy atom. The molecular weight excluding hydrogens is 687 g/mol. The maximum atomic E-state index is 15.6. The fraction of sp³-hybridized carbons (Fsp3) is 0.278. The number of aldehydes is 1. The number of ether oxygens (including phenoxy) is 2. The average molecular weight is 718 g/mol. The molecule has 1 aromatic heterocycles. The van der Waals surface area contributed by atoms with Crippen LogP contribution in [0.2, 0.25) is 0 Å². The third-order valence-corrected chi connectivity index (χ3v) is 10.3. The normalized spacial score (nSPS) is 22.9. The molecule has 4 atom stereocenters. The minimum atomic E-state index is -2.62. The Balaban J connectivity index is 1.34. The van der Waals surface area contributed by atoms with Crippen LogP contribution in [0.5, 0.6) is 11.6 Å². The molecule has 1 fully saturated rings. The molecule has 2 N–H and O–H groups in total. The van der Waals surface area contributed by atoms with E-state index in [1.165, 1.54) is 0 Å². The molecule has 1 saturated carbocycles. The summed E-state index contributed by atoms with van der Waals surface area (Å²) >= 11 is 3.27. The zero-order valence-electron chi connectivity index (χ0n) is 25.9. The summed E-state index contributed by atoms with van der Waals surface area (Å²) in [7, 11) is 3.45. The molecule has 0 spiro atoms. The van der Waals surface area contributed by atoms with E-state index in [4.69, 9.17) is 14.0 Å². The van der Waals surface area contributed by atoms with E-state index in [0.29, 0.717) is 5.56 Å². The van der Waals surface area contributed by atoms with E-state index < -0.39 is 52.2 Å². The van der Waals surface area contributed by atoms with Crippen LogP contribution < -0.4 is 9.47 Å². The third kappa shape index (κ3) is 4.81. The summed E-state index contributed by atoms with van der Waals surface area (Å²) in [5, 5.41) is 28.2. The molecule has 48 heavy (non-hydrogen) atoms. The molecular formula is C36H30BrFN2O8. The number of rotatable bonds is 8. The maximum absolute atomic E-state index is 15.6. The number of fused-ring (bicyclic) bond motifs is 4. The number of carbonyl (C=O) groups excluding carboxylic acids is 3. The van der Waals surface area contributed by atoms with Gasteiger partial charge in [0.2, 0.25) is 11.6 Å². The lowest BCUT2D eigenvalue weighted by atomic mass is 9.57. The van der Waals surface area contributed by atoms with Gasteiger partial charge in [0.05, 0.1) is 21.6 Å². The first-order valence-electron chi connectivity index (χ1n) is 15.3. The Morgan fingerprint density at radius 3 is 2.25 bits per heavy atom. The van der Waals surface area contributed by atoms with Crippen LogP contribution in [0.4, 0.5) is 4.39 Å². The molecule has 1 heterocycles. The first kappa shape index (κ1) is 31.9. The highest BCUT2D eigenvalue weighted by Gasteiger charge is 2.65. The lowest BCUT2D eigenvalue weighted by Crippen LogP contribution is -2.63. The van der Waals surface area contributed by atoms with Crippen molar-refractivity contribution >= 4 is 39.5 Å². The molecule has 246 valence electrons. The zero-order chi connectivity index (χ0) is 33.9. The van der Waals surface area contributed by atoms with Crippen molar-refractivity contribution in [2.24, 2.45) is 11.8 Å². The Kier molecular flexibility index (Phi) is 8.05. The lowest BCUT2D eigenvalue weighted by molar-refractivity contribution is -0.142. The van der Waals surface area contributed by atoms with Crippen LogP contribution in [0.1, 0.15) is 61.2 Å². The number of nitrogens with zero attached hydrogens (tertiary/aromatic N) is 2. The first-order valence-corrected chi connectivity index (χ1v) is 16.1. The number of aliphatic hydroxyl groups is 2. The van der Waals surface area contributed by atoms with Gasteiger partial charge in [-0.05, 0) is 70.6 Å². The van der Waals surface area contributed by atoms with E-state index in [-0.39, 0.29) is 70.9 Å². The van der Waals surface area contributed by atoms with Gasteiger partial charge < -0.3 is 24.2 Å². The van der Waals surface area contributed by atoms with Crippen LogP contribution >= 0.6 is 15.9 Å². The third-order valence-electron chi connectivity index (χ3n) is 9.51. The van der Waals surface area contributed by atoms with Crippen LogP contribution in [0.25, 0.3) is 5.76 Å². The Morgan fingerprint density at radius 1 is 1.02 bits per heavy atom. The molecule has 0 aliphatic heterocycles. The van der Waals surface area contributed by atoms with Gasteiger partial charge in [-0.3, -0.25) is 19.3 Å². The van der Waals surface area contributed by atoms with Crippen molar-refractivity contribution in [2.45, 2.75) is 37.7 Å². The molecule has 3 aromatic carbocycles. The van der Waals surface area contributed by atoms with Crippen molar-refractivity contribution in [1.29, 1.82) is 0 Å². The van der Waals surface area contributed by atoms with Gasteiger partial charge in [0, 0.05) is 11.5 Å². The highest BCUT2D eigenvalue weighted by Crippen LogP contribution is 2.57. The summed E-state index contributed by atoms with van der Waals surface area (Å²) in [6.45, 7) is -0.0111. The van der Waals surface area contributed by atoms with Gasteiger partial charge >= 0.3 is 0 Å². The maximum Gasteiger partial charge on any atom is 0.265 e. The van der Waals surface area contributed by atoms with Crippen molar-refractivity contribution in [2.75, 3.05) is 14.1 Å². The fourth-order valence-electron chi connectivity index (χ4n) is 7.30. The highest BCUT2D eigenvalue weighted by atomic mass is 79.9. The minimum Gasteiger partial charge on any atom is -0.507 e. The number of benzene rings is 3. The molecule has 12 heteroatoms. The quantitative estimate of drug-likeness (QED) is 0.170. The largest absolute Gasteiger partial charge is 0.507 e. The number of hydrogen-bond acceptors (Lipinski definition) is 10. The van der Waals surface area contributed by atoms with Gasteiger partial charge in [-0.1, -0.05) is 60.7 Å². The molecule has 3 aliphatic carbocycles. The minimum absolute atomic E-state index is 0.0482. The van der Waals surface area contributed by atoms with E-state index in [9.17, 15) is 24.6 Å². The van der Waals surface area contributed by atoms with Gasteiger partial charge in [0.15, 0.2) is 23.5 Å². The van der Waals surface area contributed by atoms with Gasteiger partial charge in [-0.15, -0.1) is 0 Å². The summed E-state index contributed by atoms with van der Waals surface area (Å²) < 4.78 is 33.1. The van der Waals surface area contributed by atoms with Gasteiger partial charge in [-0.2, -0.15) is 0 Å². The summed E-state index contributed by atoms with van der Waals surface area (Å²) in [4.78, 5) is 42.7. The molecule has 7 rings (SSSR count). The van der Waals surface area contributed by atoms with Gasteiger partial charge in [0.25, 0.3) is 5.88 Å². The number of aromatic nitrogens is 1. The number of Topliss-reactive ketones (excluding diaryl/α,β-unsaturated/α-hetero) is 2. The number of halogens is 2. The van der Waals surface area contributed by atoms with E-state index in [2.05, 4.69) is 21.1 Å². The molecule has 4 aromatic rings. The Labute approximate surface area is 282 Å². The van der Waals surface area contributed by atoms with Crippen LogP contribution in [0.15, 0.2) is 75.2 Å². The van der Waals surface area contributed by atoms with E-state index in [1.54, 1.807) is 43.3 Å². The molecule has 0 amide bonds. The Bertz CT molecular complexity index is 1990. The monoisotopic (exact) mass is 716 g/mol. The fourth-order valence-corrected chi connectivity index (χ4v) is 7.87. The second-order valence-electron chi connectivity index (χ2n) is 12.5. The Hall–Kier alpha value is -4.65. The van der Waals surface area contributed by atoms with E-state index >= 15 is 4.39 Å². The van der Waals surface area contributed by atoms with Crippen molar-refractivity contribution in [3.05, 3.63) is 116 Å². The number of aliphatic hydroxyl groups excluding tert-OH is 1. The molecule has 10 nitrogen and oxygen atoms in total. The van der Waals surface area contributed by atoms with E-state index in [1.807, 2.05) is 36.4 Å². The predicted octanol–water partition coefficient (Wildman–Crippen LogP) is 5.81. The van der Waals surface area contributed by atoms with Crippen molar-refractivity contribution in [3.63, 3.8) is 0 Å². The molecule has 0 saturated heterocycles. The summed E-state index contributed by atoms with van der Waals surface area (Å²) in [5.41, 5.74) is -1.64. The summed E-state index contributed by atoms with van der Waals surface area (Å²) in [6.07, 6.45) is 0.391. The molecule has 0 bridgehead atoms. The second kappa shape index (κ2) is 12.1. The predicted molar refractivity (Wildman–Crippen MR) is 173 cm³/mol. The van der Waals surface area contributed by atoms with Crippen LogP contribution in [0, 0.1) is 17.7 Å². The summed E-state index contributed by atoms with van der Waals surface area (Å²) in [6, 6.07) is 17.4. The molecule has 0 unspecified atom stereocenters. The smallest absolute Gasteiger partial charge is 0.265 e. The standard InChI is InChI=1S/C36H30BrFN2O8/c1-40(2)29-23-14-20-13-21-25(31(22(15-41)28(38)27(21)37)46-16-18-9-5-3-6-10-18)30(42)24(20)33(43)36(23,45)34(44)26-32(29)48-39-35(26)47-17-19-11-7-4-8-12-19/h3-12,15,20,23,29,42,45H,13-14,16-17H2,1-2H3/t20-,23-,29-,36-/m0/s1. The second-order valence-corrected chi connectivity index (χ2v) is 13.2. The van der Waals surface area contributed by atoms with E-state index in [0.717, 1.165) is 11.1 Å². The zero-order valence-corrected chi connectivity index (χ0v) is 27.5. The molecule has 3 aliphatic rings. The van der Waals surface area contributed by atoms with Crippen LogP contribution in [0.3, 0.4) is 0 Å². The van der Waals surface area contributed by atoms with Gasteiger partial charge in [0.1, 0.15) is 30.3 Å². The van der Waals surface area contributed by atoms with Gasteiger partial charge in [-0.25, -0.2) is 4.39 Å². The topological polar surface area (TPSA) is 139 Å². The lowest BCUT2D eigenvalue weighted by Gasteiger charge is -2.49. The number of hydrogen-bond donors (Lipinski definition) is 2. The van der Waals surface area contributed by atoms with Crippen LogP contribution in [-0.2, 0) is 24.4 Å². The van der Waals surface area contributed by atoms with Crippen molar-refractivity contribution < 1.29 is 43.0 Å².